The average molecular weight is 334 g/mol. The Morgan fingerprint density at radius 1 is 1.56 bits per heavy atom. The molecule has 0 unspecified atom stereocenters. The van der Waals surface area contributed by atoms with Crippen molar-refractivity contribution in [3.8, 4) is 0 Å². The van der Waals surface area contributed by atoms with Gasteiger partial charge < -0.3 is 4.74 Å². The highest BCUT2D eigenvalue weighted by atomic mass is 79.9. The summed E-state index contributed by atoms with van der Waals surface area (Å²) in [6.45, 7) is 6.88. The largest absolute Gasteiger partial charge is 0.465 e. The molecule has 0 saturated carbocycles. The molecule has 0 bridgehead atoms. The van der Waals surface area contributed by atoms with Crippen LogP contribution in [0.15, 0.2) is 15.9 Å². The van der Waals surface area contributed by atoms with E-state index in [-0.39, 0.29) is 5.97 Å². The van der Waals surface area contributed by atoms with Gasteiger partial charge >= 0.3 is 5.97 Å². The van der Waals surface area contributed by atoms with Gasteiger partial charge in [-0.15, -0.1) is 11.3 Å². The predicted molar refractivity (Wildman–Crippen MR) is 79.1 cm³/mol. The van der Waals surface area contributed by atoms with Gasteiger partial charge in [-0.25, -0.2) is 0 Å². The zero-order chi connectivity index (χ0) is 13.8. The van der Waals surface area contributed by atoms with E-state index in [1.165, 1.54) is 4.88 Å². The van der Waals surface area contributed by atoms with Crippen LogP contribution in [0.4, 0.5) is 0 Å². The van der Waals surface area contributed by atoms with Crippen LogP contribution in [0.5, 0.6) is 0 Å². The number of thiophene rings is 1. The molecular formula is C13H20BrNO2S. The van der Waals surface area contributed by atoms with E-state index in [1.54, 1.807) is 11.3 Å². The molecule has 0 aliphatic carbocycles. The maximum atomic E-state index is 11.9. The van der Waals surface area contributed by atoms with Gasteiger partial charge in [0.15, 0.2) is 0 Å². The van der Waals surface area contributed by atoms with E-state index in [4.69, 9.17) is 4.74 Å². The van der Waals surface area contributed by atoms with Crippen molar-refractivity contribution in [2.24, 2.45) is 0 Å². The first-order valence-electron chi connectivity index (χ1n) is 5.99. The van der Waals surface area contributed by atoms with Crippen LogP contribution in [0.1, 0.15) is 25.6 Å². The van der Waals surface area contributed by atoms with E-state index in [1.807, 2.05) is 32.7 Å². The molecule has 5 heteroatoms. The average Bonchev–Trinajstić information content (AvgIpc) is 2.72. The fourth-order valence-electron chi connectivity index (χ4n) is 1.51. The van der Waals surface area contributed by atoms with Gasteiger partial charge in [0.2, 0.25) is 0 Å². The summed E-state index contributed by atoms with van der Waals surface area (Å²) in [6, 6.07) is 2.12. The molecule has 0 atom stereocenters. The Balaban J connectivity index is 2.53. The summed E-state index contributed by atoms with van der Waals surface area (Å²) in [5, 5.41) is 2.08. The highest BCUT2D eigenvalue weighted by Crippen LogP contribution is 2.21. The first-order chi connectivity index (χ1) is 8.37. The van der Waals surface area contributed by atoms with Crippen molar-refractivity contribution in [1.82, 2.24) is 4.90 Å². The summed E-state index contributed by atoms with van der Waals surface area (Å²) in [5.41, 5.74) is -0.579. The molecule has 18 heavy (non-hydrogen) atoms. The number of hydrogen-bond acceptors (Lipinski definition) is 4. The molecule has 1 aromatic heterocycles. The van der Waals surface area contributed by atoms with Gasteiger partial charge in [-0.05, 0) is 56.2 Å². The predicted octanol–water partition coefficient (Wildman–Crippen LogP) is 3.33. The molecule has 0 aromatic carbocycles. The molecule has 0 aliphatic heterocycles. The van der Waals surface area contributed by atoms with Crippen molar-refractivity contribution in [2.45, 2.75) is 32.7 Å². The third kappa shape index (κ3) is 4.07. The number of halogens is 1. The molecular weight excluding hydrogens is 314 g/mol. The molecule has 0 radical (unpaired) electrons. The fraction of sp³-hybridized carbons (Fsp3) is 0.615. The quantitative estimate of drug-likeness (QED) is 0.748. The number of rotatable bonds is 6. The molecule has 0 spiro atoms. The number of likely N-dealkylation sites (N-methyl/N-ethyl adjacent to an activating group) is 1. The highest BCUT2D eigenvalue weighted by Gasteiger charge is 2.33. The smallest absolute Gasteiger partial charge is 0.325 e. The Hall–Kier alpha value is -0.390. The van der Waals surface area contributed by atoms with E-state index in [0.717, 1.165) is 17.4 Å². The normalized spacial score (nSPS) is 11.9. The van der Waals surface area contributed by atoms with Crippen molar-refractivity contribution in [3.63, 3.8) is 0 Å². The topological polar surface area (TPSA) is 29.5 Å². The highest BCUT2D eigenvalue weighted by molar-refractivity contribution is 9.10. The molecule has 102 valence electrons. The molecule has 0 saturated heterocycles. The molecule has 0 aliphatic rings. The van der Waals surface area contributed by atoms with Crippen LogP contribution in [0.3, 0.4) is 0 Å². The Kier molecular flexibility index (Phi) is 5.82. The van der Waals surface area contributed by atoms with E-state index < -0.39 is 5.54 Å². The van der Waals surface area contributed by atoms with Crippen molar-refractivity contribution in [2.75, 3.05) is 20.2 Å². The first kappa shape index (κ1) is 15.7. The standard InChI is InChI=1S/C13H20BrNO2S/c1-5-17-12(16)13(2,3)15(4)7-6-11-8-10(14)9-18-11/h8-9H,5-7H2,1-4H3. The van der Waals surface area contributed by atoms with Crippen LogP contribution in [0.25, 0.3) is 0 Å². The van der Waals surface area contributed by atoms with Gasteiger partial charge in [-0.2, -0.15) is 0 Å². The van der Waals surface area contributed by atoms with Gasteiger partial charge in [-0.1, -0.05) is 0 Å². The van der Waals surface area contributed by atoms with Gasteiger partial charge in [0.1, 0.15) is 5.54 Å². The number of nitrogens with zero attached hydrogens (tertiary/aromatic N) is 1. The molecule has 1 rings (SSSR count). The first-order valence-corrected chi connectivity index (χ1v) is 7.66. The van der Waals surface area contributed by atoms with Gasteiger partial charge in [-0.3, -0.25) is 9.69 Å². The Morgan fingerprint density at radius 2 is 2.22 bits per heavy atom. The van der Waals surface area contributed by atoms with Crippen molar-refractivity contribution < 1.29 is 9.53 Å². The van der Waals surface area contributed by atoms with Crippen molar-refractivity contribution in [1.29, 1.82) is 0 Å². The summed E-state index contributed by atoms with van der Waals surface area (Å²) < 4.78 is 6.22. The molecule has 3 nitrogen and oxygen atoms in total. The maximum absolute atomic E-state index is 11.9. The summed E-state index contributed by atoms with van der Waals surface area (Å²) >= 11 is 5.18. The van der Waals surface area contributed by atoms with Crippen LogP contribution in [0, 0.1) is 0 Å². The molecule has 1 aromatic rings. The molecule has 1 heterocycles. The fourth-order valence-corrected chi connectivity index (χ4v) is 2.95. The molecule has 0 amide bonds. The second kappa shape index (κ2) is 6.68. The number of esters is 1. The zero-order valence-electron chi connectivity index (χ0n) is 11.3. The summed E-state index contributed by atoms with van der Waals surface area (Å²) in [4.78, 5) is 15.2. The lowest BCUT2D eigenvalue weighted by molar-refractivity contribution is -0.154. The number of carbonyl (C=O) groups is 1. The zero-order valence-corrected chi connectivity index (χ0v) is 13.7. The van der Waals surface area contributed by atoms with Gasteiger partial charge in [0.25, 0.3) is 0 Å². The SMILES string of the molecule is CCOC(=O)C(C)(C)N(C)CCc1cc(Br)cs1. The van der Waals surface area contributed by atoms with E-state index in [0.29, 0.717) is 6.61 Å². The van der Waals surface area contributed by atoms with Crippen LogP contribution >= 0.6 is 27.3 Å². The lowest BCUT2D eigenvalue weighted by Gasteiger charge is -2.33. The van der Waals surface area contributed by atoms with Crippen LogP contribution in [0.2, 0.25) is 0 Å². The van der Waals surface area contributed by atoms with Crippen LogP contribution in [-0.4, -0.2) is 36.6 Å². The third-order valence-electron chi connectivity index (χ3n) is 3.04. The number of hydrogen-bond donors (Lipinski definition) is 0. The minimum Gasteiger partial charge on any atom is -0.465 e. The van der Waals surface area contributed by atoms with Crippen LogP contribution in [-0.2, 0) is 16.0 Å². The van der Waals surface area contributed by atoms with Crippen molar-refractivity contribution >= 4 is 33.2 Å². The van der Waals surface area contributed by atoms with Crippen molar-refractivity contribution in [3.05, 3.63) is 20.8 Å². The summed E-state index contributed by atoms with van der Waals surface area (Å²) in [6.07, 6.45) is 0.940. The Morgan fingerprint density at radius 3 is 2.72 bits per heavy atom. The van der Waals surface area contributed by atoms with Gasteiger partial charge in [0.05, 0.1) is 6.61 Å². The minimum absolute atomic E-state index is 0.167. The lowest BCUT2D eigenvalue weighted by atomic mass is 10.0. The van der Waals surface area contributed by atoms with E-state index in [2.05, 4.69) is 27.4 Å². The number of carbonyl (C=O) groups excluding carboxylic acids is 1. The van der Waals surface area contributed by atoms with Crippen LogP contribution < -0.4 is 0 Å². The monoisotopic (exact) mass is 333 g/mol. The second-order valence-corrected chi connectivity index (χ2v) is 6.59. The summed E-state index contributed by atoms with van der Waals surface area (Å²) in [7, 11) is 1.96. The Bertz CT molecular complexity index is 403. The van der Waals surface area contributed by atoms with Gasteiger partial charge in [0, 0.05) is 21.3 Å². The molecule has 0 N–H and O–H groups in total. The maximum Gasteiger partial charge on any atom is 0.325 e. The third-order valence-corrected chi connectivity index (χ3v) is 4.80. The molecule has 0 fully saturated rings. The second-order valence-electron chi connectivity index (χ2n) is 4.68. The van der Waals surface area contributed by atoms with E-state index in [9.17, 15) is 4.79 Å². The van der Waals surface area contributed by atoms with E-state index >= 15 is 0 Å². The Labute approximate surface area is 121 Å². The number of ether oxygens (including phenoxy) is 1. The summed E-state index contributed by atoms with van der Waals surface area (Å²) in [5.74, 6) is -0.167. The lowest BCUT2D eigenvalue weighted by Crippen LogP contribution is -2.49. The minimum atomic E-state index is -0.579.